The first-order chi connectivity index (χ1) is 26.8. The van der Waals surface area contributed by atoms with E-state index in [4.69, 9.17) is 0 Å². The average Bonchev–Trinajstić information content (AvgIpc) is 3.71. The lowest BCUT2D eigenvalue weighted by molar-refractivity contribution is 0.793. The maximum Gasteiger partial charge on any atom is 0.0726 e. The molecule has 0 aliphatic heterocycles. The van der Waals surface area contributed by atoms with Crippen LogP contribution in [0.4, 0.5) is 17.1 Å². The number of rotatable bonds is 5. The third-order valence-electron chi connectivity index (χ3n) is 11.7. The summed E-state index contributed by atoms with van der Waals surface area (Å²) in [6.07, 6.45) is 0. The molecule has 0 aromatic heterocycles. The van der Waals surface area contributed by atoms with Gasteiger partial charge in [-0.15, -0.1) is 0 Å². The Labute approximate surface area is 316 Å². The summed E-state index contributed by atoms with van der Waals surface area (Å²) in [5.41, 5.74) is 18.5. The molecule has 0 saturated carbocycles. The molecule has 11 rings (SSSR count). The summed E-state index contributed by atoms with van der Waals surface area (Å²) in [5.74, 6) is 0. The van der Waals surface area contributed by atoms with Crippen molar-refractivity contribution in [3.05, 3.63) is 235 Å². The van der Waals surface area contributed by atoms with Gasteiger partial charge in [-0.05, 0) is 126 Å². The summed E-state index contributed by atoms with van der Waals surface area (Å²) in [7, 11) is 0. The SMILES string of the molecule is c1ccc(-c2cc(-c3ccc(N(c4ccccc4)c4ccc5c(c4)C4(c6ccccc6-c6ccccc64)c4ccccc4-5)cc3)cc3ccccc23)cc1. The maximum absolute atomic E-state index is 2.46. The number of benzene rings is 9. The molecule has 9 aromatic carbocycles. The lowest BCUT2D eigenvalue weighted by Crippen LogP contribution is -2.26. The minimum atomic E-state index is -0.395. The van der Waals surface area contributed by atoms with Gasteiger partial charge in [0.1, 0.15) is 0 Å². The lowest BCUT2D eigenvalue weighted by Gasteiger charge is -2.32. The van der Waals surface area contributed by atoms with Gasteiger partial charge in [0, 0.05) is 17.1 Å². The highest BCUT2D eigenvalue weighted by Crippen LogP contribution is 2.63. The number of nitrogens with zero attached hydrogens (tertiary/aromatic N) is 1. The van der Waals surface area contributed by atoms with E-state index in [0.717, 1.165) is 17.1 Å². The highest BCUT2D eigenvalue weighted by molar-refractivity contribution is 6.00. The highest BCUT2D eigenvalue weighted by atomic mass is 15.1. The van der Waals surface area contributed by atoms with Crippen molar-refractivity contribution in [2.75, 3.05) is 4.90 Å². The van der Waals surface area contributed by atoms with Crippen molar-refractivity contribution in [3.8, 4) is 44.5 Å². The summed E-state index contributed by atoms with van der Waals surface area (Å²) < 4.78 is 0. The molecule has 0 amide bonds. The number of hydrogen-bond acceptors (Lipinski definition) is 1. The zero-order valence-electron chi connectivity index (χ0n) is 29.7. The summed E-state index contributed by atoms with van der Waals surface area (Å²) >= 11 is 0. The van der Waals surface area contributed by atoms with Crippen molar-refractivity contribution >= 4 is 27.8 Å². The Bertz CT molecular complexity index is 2810. The molecule has 0 fully saturated rings. The van der Waals surface area contributed by atoms with Crippen molar-refractivity contribution < 1.29 is 0 Å². The molecule has 1 spiro atoms. The summed E-state index contributed by atoms with van der Waals surface area (Å²) in [5, 5.41) is 2.51. The first-order valence-corrected chi connectivity index (χ1v) is 18.8. The Morgan fingerprint density at radius 3 is 1.43 bits per heavy atom. The minimum absolute atomic E-state index is 0.395. The minimum Gasteiger partial charge on any atom is -0.310 e. The number of anilines is 3. The molecule has 0 radical (unpaired) electrons. The van der Waals surface area contributed by atoms with Gasteiger partial charge in [0.25, 0.3) is 0 Å². The van der Waals surface area contributed by atoms with Gasteiger partial charge >= 0.3 is 0 Å². The molecular formula is C53H35N. The molecule has 0 bridgehead atoms. The summed E-state index contributed by atoms with van der Waals surface area (Å²) in [4.78, 5) is 2.41. The molecule has 0 saturated heterocycles. The molecule has 9 aromatic rings. The lowest BCUT2D eigenvalue weighted by atomic mass is 9.70. The van der Waals surface area contributed by atoms with Crippen LogP contribution in [0.1, 0.15) is 22.3 Å². The Morgan fingerprint density at radius 2 is 0.778 bits per heavy atom. The summed E-state index contributed by atoms with van der Waals surface area (Å²) in [6, 6.07) is 78.1. The van der Waals surface area contributed by atoms with Crippen LogP contribution in [0.25, 0.3) is 55.3 Å². The van der Waals surface area contributed by atoms with E-state index in [9.17, 15) is 0 Å². The Balaban J connectivity index is 1.08. The molecule has 1 heteroatoms. The van der Waals surface area contributed by atoms with E-state index >= 15 is 0 Å². The molecule has 0 atom stereocenters. The van der Waals surface area contributed by atoms with Gasteiger partial charge in [-0.1, -0.05) is 164 Å². The van der Waals surface area contributed by atoms with Crippen molar-refractivity contribution in [1.82, 2.24) is 0 Å². The van der Waals surface area contributed by atoms with Crippen LogP contribution in [0.5, 0.6) is 0 Å². The Hall–Kier alpha value is -6.96. The van der Waals surface area contributed by atoms with Crippen LogP contribution >= 0.6 is 0 Å². The standard InChI is InChI=1S/C53H35N/c1-3-15-37(16-4-1)48-34-39(33-38-17-7-8-20-43(38)48)36-27-29-41(30-28-36)54(40-18-5-2-6-19-40)42-31-32-47-46-23-11-14-26-51(46)53(52(47)35-42)49-24-12-9-21-44(49)45-22-10-13-25-50(45)53/h1-35H. The van der Waals surface area contributed by atoms with Gasteiger partial charge < -0.3 is 4.90 Å². The van der Waals surface area contributed by atoms with E-state index in [1.807, 2.05) is 0 Å². The molecule has 252 valence electrons. The molecule has 2 aliphatic carbocycles. The molecule has 0 N–H and O–H groups in total. The van der Waals surface area contributed by atoms with Gasteiger partial charge in [-0.3, -0.25) is 0 Å². The van der Waals surface area contributed by atoms with Crippen LogP contribution in [-0.4, -0.2) is 0 Å². The van der Waals surface area contributed by atoms with Crippen LogP contribution in [0.3, 0.4) is 0 Å². The molecule has 2 aliphatic rings. The van der Waals surface area contributed by atoms with Crippen LogP contribution in [0.15, 0.2) is 212 Å². The second-order valence-corrected chi connectivity index (χ2v) is 14.4. The van der Waals surface area contributed by atoms with Gasteiger partial charge in [0.2, 0.25) is 0 Å². The van der Waals surface area contributed by atoms with Gasteiger partial charge in [0.05, 0.1) is 5.41 Å². The normalized spacial score (nSPS) is 13.0. The largest absolute Gasteiger partial charge is 0.310 e. The molecule has 0 heterocycles. The smallest absolute Gasteiger partial charge is 0.0726 e. The van der Waals surface area contributed by atoms with Crippen LogP contribution in [0.2, 0.25) is 0 Å². The predicted molar refractivity (Wildman–Crippen MR) is 226 cm³/mol. The number of fused-ring (bicyclic) bond motifs is 11. The predicted octanol–water partition coefficient (Wildman–Crippen LogP) is 14.0. The number of para-hydroxylation sites is 1. The third-order valence-corrected chi connectivity index (χ3v) is 11.7. The van der Waals surface area contributed by atoms with E-state index in [2.05, 4.69) is 217 Å². The van der Waals surface area contributed by atoms with Gasteiger partial charge in [-0.2, -0.15) is 0 Å². The first kappa shape index (κ1) is 30.6. The van der Waals surface area contributed by atoms with Crippen LogP contribution in [-0.2, 0) is 5.41 Å². The fourth-order valence-corrected chi connectivity index (χ4v) is 9.38. The first-order valence-electron chi connectivity index (χ1n) is 18.8. The maximum atomic E-state index is 2.46. The fourth-order valence-electron chi connectivity index (χ4n) is 9.38. The van der Waals surface area contributed by atoms with E-state index < -0.39 is 5.41 Å². The third kappa shape index (κ3) is 4.45. The van der Waals surface area contributed by atoms with Gasteiger partial charge in [-0.25, -0.2) is 0 Å². The Morgan fingerprint density at radius 1 is 0.278 bits per heavy atom. The quantitative estimate of drug-likeness (QED) is 0.174. The van der Waals surface area contributed by atoms with Crippen molar-refractivity contribution in [3.63, 3.8) is 0 Å². The molecule has 1 nitrogen and oxygen atoms in total. The monoisotopic (exact) mass is 685 g/mol. The van der Waals surface area contributed by atoms with E-state index in [1.54, 1.807) is 0 Å². The second-order valence-electron chi connectivity index (χ2n) is 14.4. The van der Waals surface area contributed by atoms with Crippen molar-refractivity contribution in [1.29, 1.82) is 0 Å². The second kappa shape index (κ2) is 12.0. The average molecular weight is 686 g/mol. The van der Waals surface area contributed by atoms with Crippen molar-refractivity contribution in [2.45, 2.75) is 5.41 Å². The van der Waals surface area contributed by atoms with E-state index in [1.165, 1.54) is 77.5 Å². The molecular weight excluding hydrogens is 651 g/mol. The van der Waals surface area contributed by atoms with Gasteiger partial charge in [0.15, 0.2) is 0 Å². The van der Waals surface area contributed by atoms with Crippen LogP contribution < -0.4 is 4.90 Å². The van der Waals surface area contributed by atoms with E-state index in [-0.39, 0.29) is 0 Å². The topological polar surface area (TPSA) is 3.24 Å². The molecule has 0 unspecified atom stereocenters. The zero-order chi connectivity index (χ0) is 35.6. The summed E-state index contributed by atoms with van der Waals surface area (Å²) in [6.45, 7) is 0. The molecule has 54 heavy (non-hydrogen) atoms. The van der Waals surface area contributed by atoms with E-state index in [0.29, 0.717) is 0 Å². The Kier molecular flexibility index (Phi) is 6.84. The zero-order valence-corrected chi connectivity index (χ0v) is 29.7. The fraction of sp³-hybridized carbons (Fsp3) is 0.0189. The van der Waals surface area contributed by atoms with Crippen molar-refractivity contribution in [2.24, 2.45) is 0 Å². The van der Waals surface area contributed by atoms with Crippen LogP contribution in [0, 0.1) is 0 Å². The number of hydrogen-bond donors (Lipinski definition) is 0. The highest BCUT2D eigenvalue weighted by Gasteiger charge is 2.51.